The zero-order chi connectivity index (χ0) is 18.6. The number of ether oxygens (including phenoxy) is 1. The number of carbonyl (C=O) groups excluding carboxylic acids is 2. The molecule has 0 radical (unpaired) electrons. The maximum atomic E-state index is 12.7. The summed E-state index contributed by atoms with van der Waals surface area (Å²) >= 11 is 0. The Labute approximate surface area is 143 Å². The molecule has 0 aliphatic rings. The molecule has 0 fully saturated rings. The number of non-ortho nitro benzene ring substituents is 1. The number of carbonyl (C=O) groups is 2. The maximum Gasteiger partial charge on any atom is 0.360 e. The van der Waals surface area contributed by atoms with Gasteiger partial charge in [-0.15, -0.1) is 0 Å². The van der Waals surface area contributed by atoms with Crippen molar-refractivity contribution >= 4 is 17.6 Å². The summed E-state index contributed by atoms with van der Waals surface area (Å²) < 4.78 is 9.76. The van der Waals surface area contributed by atoms with E-state index in [0.29, 0.717) is 5.56 Å². The molecule has 1 aromatic carbocycles. The maximum absolute atomic E-state index is 12.7. The number of rotatable bonds is 6. The molecule has 1 amide bonds. The average molecular weight is 347 g/mol. The minimum absolute atomic E-state index is 0.0176. The highest BCUT2D eigenvalue weighted by atomic mass is 16.6. The van der Waals surface area contributed by atoms with Crippen molar-refractivity contribution < 1.29 is 23.7 Å². The van der Waals surface area contributed by atoms with Gasteiger partial charge in [0.2, 0.25) is 5.89 Å². The molecule has 1 aromatic heterocycles. The molecule has 0 atom stereocenters. The number of oxazole rings is 1. The van der Waals surface area contributed by atoms with Crippen molar-refractivity contribution in [2.24, 2.45) is 0 Å². The minimum Gasteiger partial charge on any atom is -0.464 e. The second-order valence-corrected chi connectivity index (χ2v) is 5.45. The molecule has 2 rings (SSSR count). The van der Waals surface area contributed by atoms with Crippen molar-refractivity contribution in [3.05, 3.63) is 57.8 Å². The average Bonchev–Trinajstić information content (AvgIpc) is 3.07. The van der Waals surface area contributed by atoms with Crippen molar-refractivity contribution in [2.75, 3.05) is 7.11 Å². The molecular formula is C16H17N3O6. The molecule has 25 heavy (non-hydrogen) atoms. The second kappa shape index (κ2) is 7.56. The summed E-state index contributed by atoms with van der Waals surface area (Å²) in [7, 11) is 1.23. The normalized spacial score (nSPS) is 10.6. The highest BCUT2D eigenvalue weighted by molar-refractivity contribution is 5.94. The Morgan fingerprint density at radius 2 is 1.96 bits per heavy atom. The highest BCUT2D eigenvalue weighted by Gasteiger charge is 2.23. The number of aromatic nitrogens is 1. The number of methoxy groups -OCH3 is 1. The van der Waals surface area contributed by atoms with Gasteiger partial charge in [-0.1, -0.05) is 0 Å². The third kappa shape index (κ3) is 4.19. The smallest absolute Gasteiger partial charge is 0.360 e. The Hall–Kier alpha value is -3.23. The fourth-order valence-electron chi connectivity index (χ4n) is 2.11. The summed E-state index contributed by atoms with van der Waals surface area (Å²) in [5, 5.41) is 10.7. The zero-order valence-electron chi connectivity index (χ0n) is 14.0. The number of benzene rings is 1. The van der Waals surface area contributed by atoms with Crippen LogP contribution in [0.2, 0.25) is 0 Å². The van der Waals surface area contributed by atoms with Crippen LogP contribution in [0.3, 0.4) is 0 Å². The van der Waals surface area contributed by atoms with Crippen LogP contribution in [0.1, 0.15) is 40.6 Å². The predicted molar refractivity (Wildman–Crippen MR) is 85.9 cm³/mol. The first kappa shape index (κ1) is 18.1. The third-order valence-electron chi connectivity index (χ3n) is 3.46. The topological polar surface area (TPSA) is 116 Å². The van der Waals surface area contributed by atoms with Crippen LogP contribution in [0, 0.1) is 10.1 Å². The van der Waals surface area contributed by atoms with Crippen molar-refractivity contribution in [3.8, 4) is 0 Å². The molecule has 0 aliphatic heterocycles. The van der Waals surface area contributed by atoms with E-state index in [1.54, 1.807) is 0 Å². The Kier molecular flexibility index (Phi) is 5.48. The number of nitrogens with zero attached hydrogens (tertiary/aromatic N) is 3. The van der Waals surface area contributed by atoms with E-state index in [1.165, 1.54) is 36.3 Å². The SMILES string of the molecule is COC(=O)c1coc(CN(C(=O)c2ccc([N+](=O)[O-])cc2)C(C)C)n1. The molecule has 0 aliphatic carbocycles. The van der Waals surface area contributed by atoms with Crippen LogP contribution >= 0.6 is 0 Å². The molecule has 0 unspecified atom stereocenters. The quantitative estimate of drug-likeness (QED) is 0.447. The van der Waals surface area contributed by atoms with Gasteiger partial charge in [0.05, 0.1) is 18.6 Å². The van der Waals surface area contributed by atoms with E-state index in [-0.39, 0.29) is 35.8 Å². The van der Waals surface area contributed by atoms with E-state index in [9.17, 15) is 19.7 Å². The molecule has 132 valence electrons. The first-order valence-electron chi connectivity index (χ1n) is 7.41. The summed E-state index contributed by atoms with van der Waals surface area (Å²) in [5.74, 6) is -0.778. The zero-order valence-corrected chi connectivity index (χ0v) is 14.0. The third-order valence-corrected chi connectivity index (χ3v) is 3.46. The van der Waals surface area contributed by atoms with Gasteiger partial charge in [-0.05, 0) is 26.0 Å². The van der Waals surface area contributed by atoms with Gasteiger partial charge >= 0.3 is 5.97 Å². The standard InChI is InChI=1S/C16H17N3O6/c1-10(2)18(8-14-17-13(9-25-14)16(21)24-3)15(20)11-4-6-12(7-5-11)19(22)23/h4-7,9-10H,8H2,1-3H3. The summed E-state index contributed by atoms with van der Waals surface area (Å²) in [4.78, 5) is 39.7. The van der Waals surface area contributed by atoms with Crippen molar-refractivity contribution in [1.82, 2.24) is 9.88 Å². The molecule has 0 bridgehead atoms. The summed E-state index contributed by atoms with van der Waals surface area (Å²) in [6.45, 7) is 3.67. The van der Waals surface area contributed by atoms with Crippen molar-refractivity contribution in [3.63, 3.8) is 0 Å². The van der Waals surface area contributed by atoms with Gasteiger partial charge < -0.3 is 14.1 Å². The Morgan fingerprint density at radius 3 is 2.48 bits per heavy atom. The van der Waals surface area contributed by atoms with Gasteiger partial charge in [0.15, 0.2) is 5.69 Å². The van der Waals surface area contributed by atoms with Crippen LogP contribution in [0.25, 0.3) is 0 Å². The number of nitro groups is 1. The predicted octanol–water partition coefficient (Wildman–Crippen LogP) is 2.42. The molecule has 9 heteroatoms. The van der Waals surface area contributed by atoms with Crippen LogP contribution in [0.15, 0.2) is 34.9 Å². The van der Waals surface area contributed by atoms with E-state index in [0.717, 1.165) is 6.26 Å². The van der Waals surface area contributed by atoms with E-state index in [1.807, 2.05) is 13.8 Å². The summed E-state index contributed by atoms with van der Waals surface area (Å²) in [5.41, 5.74) is 0.228. The largest absolute Gasteiger partial charge is 0.464 e. The number of nitro benzene ring substituents is 1. The van der Waals surface area contributed by atoms with Gasteiger partial charge in [0, 0.05) is 23.7 Å². The first-order valence-corrected chi connectivity index (χ1v) is 7.41. The lowest BCUT2D eigenvalue weighted by molar-refractivity contribution is -0.384. The summed E-state index contributed by atoms with van der Waals surface area (Å²) in [6, 6.07) is 5.14. The number of hydrogen-bond donors (Lipinski definition) is 0. The highest BCUT2D eigenvalue weighted by Crippen LogP contribution is 2.17. The Balaban J connectivity index is 2.19. The Bertz CT molecular complexity index is 781. The van der Waals surface area contributed by atoms with Crippen molar-refractivity contribution in [1.29, 1.82) is 0 Å². The van der Waals surface area contributed by atoms with Gasteiger partial charge in [-0.2, -0.15) is 0 Å². The van der Waals surface area contributed by atoms with E-state index in [4.69, 9.17) is 4.42 Å². The van der Waals surface area contributed by atoms with Gasteiger partial charge in [-0.25, -0.2) is 9.78 Å². The molecule has 0 N–H and O–H groups in total. The summed E-state index contributed by atoms with van der Waals surface area (Å²) in [6.07, 6.45) is 1.16. The van der Waals surface area contributed by atoms with Crippen LogP contribution in [0.4, 0.5) is 5.69 Å². The fourth-order valence-corrected chi connectivity index (χ4v) is 2.11. The molecule has 0 saturated carbocycles. The fraction of sp³-hybridized carbons (Fsp3) is 0.312. The molecule has 0 saturated heterocycles. The molecule has 0 spiro atoms. The van der Waals surface area contributed by atoms with E-state index >= 15 is 0 Å². The number of hydrogen-bond acceptors (Lipinski definition) is 7. The van der Waals surface area contributed by atoms with Gasteiger partial charge in [-0.3, -0.25) is 14.9 Å². The Morgan fingerprint density at radius 1 is 1.32 bits per heavy atom. The number of esters is 1. The second-order valence-electron chi connectivity index (χ2n) is 5.45. The van der Waals surface area contributed by atoms with Crippen LogP contribution in [-0.4, -0.2) is 39.8 Å². The van der Waals surface area contributed by atoms with Crippen LogP contribution in [0.5, 0.6) is 0 Å². The van der Waals surface area contributed by atoms with Gasteiger partial charge in [0.25, 0.3) is 11.6 Å². The minimum atomic E-state index is -0.632. The first-order chi connectivity index (χ1) is 11.8. The molecule has 9 nitrogen and oxygen atoms in total. The van der Waals surface area contributed by atoms with Crippen LogP contribution < -0.4 is 0 Å². The van der Waals surface area contributed by atoms with E-state index < -0.39 is 10.9 Å². The van der Waals surface area contributed by atoms with Gasteiger partial charge in [0.1, 0.15) is 6.26 Å². The van der Waals surface area contributed by atoms with E-state index in [2.05, 4.69) is 9.72 Å². The van der Waals surface area contributed by atoms with Crippen LogP contribution in [-0.2, 0) is 11.3 Å². The lowest BCUT2D eigenvalue weighted by atomic mass is 10.1. The lowest BCUT2D eigenvalue weighted by Gasteiger charge is -2.25. The lowest BCUT2D eigenvalue weighted by Crippen LogP contribution is -2.36. The molecule has 2 aromatic rings. The number of amides is 1. The molecule has 1 heterocycles. The van der Waals surface area contributed by atoms with Crippen molar-refractivity contribution in [2.45, 2.75) is 26.4 Å². The molecular weight excluding hydrogens is 330 g/mol. The monoisotopic (exact) mass is 347 g/mol.